The van der Waals surface area contributed by atoms with Crippen molar-refractivity contribution in [2.45, 2.75) is 36.4 Å². The van der Waals surface area contributed by atoms with Crippen molar-refractivity contribution in [1.29, 1.82) is 0 Å². The first-order chi connectivity index (χ1) is 14.0. The summed E-state index contributed by atoms with van der Waals surface area (Å²) in [6, 6.07) is 5.11. The van der Waals surface area contributed by atoms with Crippen molar-refractivity contribution < 1.29 is 9.53 Å². The fraction of sp³-hybridized carbons (Fsp3) is 0.238. The molecule has 2 N–H and O–H groups in total. The number of Topliss-reactive ketones (excluding diaryl/α,β-unsaturated/α-hetero) is 1. The van der Waals surface area contributed by atoms with Gasteiger partial charge >= 0.3 is 0 Å². The number of fused-ring (bicyclic) bond motifs is 1. The lowest BCUT2D eigenvalue weighted by Gasteiger charge is -2.14. The number of unbranched alkanes of at least 4 members (excludes halogenated alkanes) is 1. The number of ketones is 1. The topological polar surface area (TPSA) is 87.4 Å². The smallest absolute Gasteiger partial charge is 0.201 e. The zero-order valence-corrected chi connectivity index (χ0v) is 16.9. The monoisotopic (exact) mass is 405 g/mol. The molecule has 8 heteroatoms. The third-order valence-corrected chi connectivity index (χ3v) is 5.46. The first kappa shape index (κ1) is 20.2. The summed E-state index contributed by atoms with van der Waals surface area (Å²) >= 11 is 1.24. The van der Waals surface area contributed by atoms with Crippen molar-refractivity contribution in [2.24, 2.45) is 0 Å². The zero-order chi connectivity index (χ0) is 21.0. The van der Waals surface area contributed by atoms with Gasteiger partial charge in [-0.15, -0.1) is 12.3 Å². The number of benzene rings is 1. The normalized spacial score (nSPS) is 10.5. The molecular weight excluding hydrogens is 386 g/mol. The van der Waals surface area contributed by atoms with Gasteiger partial charge in [0.1, 0.15) is 11.3 Å². The number of aromatic nitrogens is 3. The second-order valence-corrected chi connectivity index (χ2v) is 7.16. The van der Waals surface area contributed by atoms with Gasteiger partial charge in [-0.05, 0) is 25.5 Å². The van der Waals surface area contributed by atoms with E-state index in [-0.39, 0.29) is 5.78 Å². The summed E-state index contributed by atoms with van der Waals surface area (Å²) in [7, 11) is 1.50. The molecule has 0 radical (unpaired) electrons. The molecule has 0 aliphatic heterocycles. The second-order valence-electron chi connectivity index (χ2n) is 6.18. The van der Waals surface area contributed by atoms with Gasteiger partial charge in [0.05, 0.1) is 24.8 Å². The van der Waals surface area contributed by atoms with E-state index in [0.29, 0.717) is 51.4 Å². The lowest BCUT2D eigenvalue weighted by molar-refractivity contribution is 0.101. The SMILES string of the molecule is [C-]#[N+]c1ccc(OC)c(C(C)=O)c1Sc1nc2c(N)nccc2n1CCCC#C. The van der Waals surface area contributed by atoms with Crippen LogP contribution in [-0.2, 0) is 6.54 Å². The molecule has 0 amide bonds. The lowest BCUT2D eigenvalue weighted by atomic mass is 10.1. The molecule has 2 heterocycles. The minimum Gasteiger partial charge on any atom is -0.496 e. The number of ether oxygens (including phenoxy) is 1. The van der Waals surface area contributed by atoms with E-state index < -0.39 is 0 Å². The predicted octanol–water partition coefficient (Wildman–Crippen LogP) is 4.34. The maximum atomic E-state index is 12.4. The Bertz CT molecular complexity index is 1170. The van der Waals surface area contributed by atoms with Crippen molar-refractivity contribution in [3.8, 4) is 18.1 Å². The Labute approximate surface area is 173 Å². The number of anilines is 1. The summed E-state index contributed by atoms with van der Waals surface area (Å²) in [5.74, 6) is 3.19. The minimum absolute atomic E-state index is 0.189. The largest absolute Gasteiger partial charge is 0.496 e. The van der Waals surface area contributed by atoms with E-state index in [9.17, 15) is 4.79 Å². The van der Waals surface area contributed by atoms with Gasteiger partial charge in [-0.2, -0.15) is 0 Å². The van der Waals surface area contributed by atoms with Crippen LogP contribution in [0, 0.1) is 18.9 Å². The number of hydrogen-bond donors (Lipinski definition) is 1. The summed E-state index contributed by atoms with van der Waals surface area (Å²) in [5.41, 5.74) is 8.14. The van der Waals surface area contributed by atoms with Crippen LogP contribution in [0.2, 0.25) is 0 Å². The Morgan fingerprint density at radius 3 is 2.90 bits per heavy atom. The predicted molar refractivity (Wildman–Crippen MR) is 113 cm³/mol. The van der Waals surface area contributed by atoms with Gasteiger partial charge in [0.2, 0.25) is 5.69 Å². The van der Waals surface area contributed by atoms with Crippen molar-refractivity contribution in [1.82, 2.24) is 14.5 Å². The highest BCUT2D eigenvalue weighted by Gasteiger charge is 2.22. The van der Waals surface area contributed by atoms with E-state index >= 15 is 0 Å². The number of nitrogens with two attached hydrogens (primary N) is 1. The standard InChI is InChI=1S/C21H19N5O2S/c1-5-6-7-12-26-15-10-11-24-20(22)18(15)25-21(26)29-19-14(23-3)8-9-16(28-4)17(19)13(2)27/h1,8-11H,6-7,12H2,2,4H3,(H2,22,24). The highest BCUT2D eigenvalue weighted by molar-refractivity contribution is 7.99. The van der Waals surface area contributed by atoms with Crippen molar-refractivity contribution >= 4 is 40.1 Å². The number of nitrogens with zero attached hydrogens (tertiary/aromatic N) is 4. The molecule has 0 atom stereocenters. The van der Waals surface area contributed by atoms with Crippen LogP contribution in [0.25, 0.3) is 15.9 Å². The van der Waals surface area contributed by atoms with Crippen LogP contribution in [-0.4, -0.2) is 27.4 Å². The first-order valence-corrected chi connectivity index (χ1v) is 9.64. The molecule has 0 saturated carbocycles. The number of carbonyl (C=O) groups is 1. The van der Waals surface area contributed by atoms with Crippen LogP contribution in [0.1, 0.15) is 30.1 Å². The maximum absolute atomic E-state index is 12.4. The molecule has 3 aromatic rings. The molecule has 0 bridgehead atoms. The van der Waals surface area contributed by atoms with Gasteiger partial charge in [-0.25, -0.2) is 14.8 Å². The van der Waals surface area contributed by atoms with E-state index in [1.165, 1.54) is 25.8 Å². The Hall–Kier alpha value is -3.49. The van der Waals surface area contributed by atoms with Gasteiger partial charge in [0, 0.05) is 24.1 Å². The molecule has 1 aromatic carbocycles. The molecule has 0 fully saturated rings. The first-order valence-electron chi connectivity index (χ1n) is 8.83. The molecule has 3 rings (SSSR count). The number of rotatable bonds is 7. The van der Waals surface area contributed by atoms with E-state index in [0.717, 1.165) is 11.9 Å². The van der Waals surface area contributed by atoms with Crippen LogP contribution in [0.5, 0.6) is 5.75 Å². The average molecular weight is 405 g/mol. The summed E-state index contributed by atoms with van der Waals surface area (Å²) in [4.78, 5) is 25.2. The molecule has 146 valence electrons. The zero-order valence-electron chi connectivity index (χ0n) is 16.1. The third-order valence-electron chi connectivity index (χ3n) is 4.35. The number of nitrogen functional groups attached to an aromatic ring is 1. The fourth-order valence-corrected chi connectivity index (χ4v) is 4.21. The molecule has 0 unspecified atom stereocenters. The minimum atomic E-state index is -0.189. The molecule has 0 saturated heterocycles. The number of pyridine rings is 1. The van der Waals surface area contributed by atoms with Gasteiger partial charge in [-0.3, -0.25) is 4.79 Å². The van der Waals surface area contributed by atoms with Gasteiger partial charge in [-0.1, -0.05) is 17.8 Å². The number of carbonyl (C=O) groups excluding carboxylic acids is 1. The Morgan fingerprint density at radius 1 is 1.45 bits per heavy atom. The van der Waals surface area contributed by atoms with Crippen LogP contribution >= 0.6 is 11.8 Å². The van der Waals surface area contributed by atoms with Crippen molar-refractivity contribution in [2.75, 3.05) is 12.8 Å². The number of imidazole rings is 1. The fourth-order valence-electron chi connectivity index (χ4n) is 3.02. The third kappa shape index (κ3) is 3.89. The Kier molecular flexibility index (Phi) is 6.06. The summed E-state index contributed by atoms with van der Waals surface area (Å²) in [6.07, 6.45) is 8.40. The van der Waals surface area contributed by atoms with Crippen molar-refractivity contribution in [3.05, 3.63) is 41.4 Å². The number of hydrogen-bond acceptors (Lipinski definition) is 6. The molecule has 7 nitrogen and oxygen atoms in total. The van der Waals surface area contributed by atoms with Crippen LogP contribution in [0.3, 0.4) is 0 Å². The maximum Gasteiger partial charge on any atom is 0.201 e. The van der Waals surface area contributed by atoms with Gasteiger partial charge < -0.3 is 15.0 Å². The Morgan fingerprint density at radius 2 is 2.24 bits per heavy atom. The molecule has 29 heavy (non-hydrogen) atoms. The molecular formula is C21H19N5O2S. The highest BCUT2D eigenvalue weighted by Crippen LogP contribution is 2.42. The molecule has 2 aromatic heterocycles. The second kappa shape index (κ2) is 8.68. The molecule has 0 aliphatic carbocycles. The summed E-state index contributed by atoms with van der Waals surface area (Å²) < 4.78 is 7.35. The quantitative estimate of drug-likeness (QED) is 0.272. The van der Waals surface area contributed by atoms with Gasteiger partial charge in [0.15, 0.2) is 16.8 Å². The van der Waals surface area contributed by atoms with Gasteiger partial charge in [0.25, 0.3) is 0 Å². The number of methoxy groups -OCH3 is 1. The van der Waals surface area contributed by atoms with E-state index in [1.807, 2.05) is 10.6 Å². The number of aryl methyl sites for hydroxylation is 1. The summed E-state index contributed by atoms with van der Waals surface area (Å²) in [5, 5.41) is 0.609. The highest BCUT2D eigenvalue weighted by atomic mass is 32.2. The molecule has 0 aliphatic rings. The van der Waals surface area contributed by atoms with Crippen LogP contribution in [0.4, 0.5) is 11.5 Å². The van der Waals surface area contributed by atoms with Crippen LogP contribution in [0.15, 0.2) is 34.4 Å². The molecule has 0 spiro atoms. The van der Waals surface area contributed by atoms with Crippen molar-refractivity contribution in [3.63, 3.8) is 0 Å². The van der Waals surface area contributed by atoms with E-state index in [4.69, 9.17) is 23.5 Å². The average Bonchev–Trinajstić information content (AvgIpc) is 3.06. The number of terminal acetylenes is 1. The lowest BCUT2D eigenvalue weighted by Crippen LogP contribution is -2.03. The van der Waals surface area contributed by atoms with E-state index in [1.54, 1.807) is 18.3 Å². The Balaban J connectivity index is 2.19. The van der Waals surface area contributed by atoms with Crippen LogP contribution < -0.4 is 10.5 Å². The summed E-state index contributed by atoms with van der Waals surface area (Å²) in [6.45, 7) is 9.60. The van der Waals surface area contributed by atoms with E-state index in [2.05, 4.69) is 20.7 Å².